The minimum Gasteiger partial charge on any atom is -0.497 e. The second-order valence-electron chi connectivity index (χ2n) is 6.76. The van der Waals surface area contributed by atoms with Gasteiger partial charge in [-0.15, -0.1) is 0 Å². The molecule has 7 nitrogen and oxygen atoms in total. The lowest BCUT2D eigenvalue weighted by Gasteiger charge is -2.19. The Bertz CT molecular complexity index is 1170. The first kappa shape index (κ1) is 23.4. The minimum atomic E-state index is -3.74. The third kappa shape index (κ3) is 5.72. The van der Waals surface area contributed by atoms with E-state index in [2.05, 4.69) is 5.32 Å². The van der Waals surface area contributed by atoms with Crippen molar-refractivity contribution in [3.8, 4) is 11.5 Å². The van der Waals surface area contributed by atoms with Crippen LogP contribution < -0.4 is 19.1 Å². The van der Waals surface area contributed by atoms with Gasteiger partial charge in [0.1, 0.15) is 18.1 Å². The highest BCUT2D eigenvalue weighted by Gasteiger charge is 2.21. The Morgan fingerprint density at radius 3 is 2.31 bits per heavy atom. The van der Waals surface area contributed by atoms with Crippen molar-refractivity contribution in [1.29, 1.82) is 0 Å². The van der Waals surface area contributed by atoms with Crippen molar-refractivity contribution < 1.29 is 22.7 Å². The van der Waals surface area contributed by atoms with E-state index in [0.29, 0.717) is 40.9 Å². The van der Waals surface area contributed by atoms with Gasteiger partial charge in [-0.3, -0.25) is 9.10 Å². The van der Waals surface area contributed by atoms with Crippen LogP contribution in [0.3, 0.4) is 0 Å². The molecule has 1 N–H and O–H groups in total. The number of carbonyl (C=O) groups is 1. The molecule has 0 bridgehead atoms. The number of anilines is 1. The van der Waals surface area contributed by atoms with E-state index in [9.17, 15) is 13.2 Å². The van der Waals surface area contributed by atoms with Gasteiger partial charge in [-0.25, -0.2) is 8.42 Å². The van der Waals surface area contributed by atoms with E-state index in [1.54, 1.807) is 43.5 Å². The lowest BCUT2D eigenvalue weighted by atomic mass is 10.2. The van der Waals surface area contributed by atoms with Crippen LogP contribution in [0.2, 0.25) is 5.02 Å². The minimum absolute atomic E-state index is 0.127. The average Bonchev–Trinajstić information content (AvgIpc) is 2.81. The van der Waals surface area contributed by atoms with Gasteiger partial charge in [0.05, 0.1) is 24.2 Å². The molecule has 0 unspecified atom stereocenters. The zero-order chi connectivity index (χ0) is 23.1. The quantitative estimate of drug-likeness (QED) is 0.474. The van der Waals surface area contributed by atoms with E-state index in [-0.39, 0.29) is 10.8 Å². The molecule has 3 aromatic rings. The fourth-order valence-electron chi connectivity index (χ4n) is 2.85. The summed E-state index contributed by atoms with van der Waals surface area (Å²) in [5.41, 5.74) is 0.838. The van der Waals surface area contributed by atoms with Crippen molar-refractivity contribution in [2.24, 2.45) is 0 Å². The second-order valence-corrected chi connectivity index (χ2v) is 9.16. The largest absolute Gasteiger partial charge is 0.497 e. The molecule has 3 rings (SSSR count). The van der Waals surface area contributed by atoms with Crippen LogP contribution >= 0.6 is 11.6 Å². The van der Waals surface area contributed by atoms with Crippen LogP contribution in [0.1, 0.15) is 10.4 Å². The van der Waals surface area contributed by atoms with Gasteiger partial charge in [-0.2, -0.15) is 0 Å². The van der Waals surface area contributed by atoms with Gasteiger partial charge < -0.3 is 14.8 Å². The molecule has 0 atom stereocenters. The van der Waals surface area contributed by atoms with E-state index in [1.165, 1.54) is 31.3 Å². The highest BCUT2D eigenvalue weighted by Crippen LogP contribution is 2.23. The van der Waals surface area contributed by atoms with Crippen LogP contribution in [-0.4, -0.2) is 41.6 Å². The maximum absolute atomic E-state index is 12.8. The van der Waals surface area contributed by atoms with Gasteiger partial charge in [0.25, 0.3) is 15.9 Å². The summed E-state index contributed by atoms with van der Waals surface area (Å²) in [6, 6.07) is 19.4. The Hall–Kier alpha value is -3.23. The topological polar surface area (TPSA) is 84.9 Å². The van der Waals surface area contributed by atoms with Crippen LogP contribution in [-0.2, 0) is 10.0 Å². The van der Waals surface area contributed by atoms with Crippen LogP contribution in [0.25, 0.3) is 0 Å². The molecule has 0 aliphatic rings. The molecule has 0 saturated heterocycles. The average molecular weight is 475 g/mol. The number of hydrogen-bond acceptors (Lipinski definition) is 5. The zero-order valence-corrected chi connectivity index (χ0v) is 19.2. The number of methoxy groups -OCH3 is 1. The Labute approximate surface area is 192 Å². The molecule has 0 saturated carbocycles. The summed E-state index contributed by atoms with van der Waals surface area (Å²) in [6.45, 7) is 0.599. The molecule has 168 valence electrons. The lowest BCUT2D eigenvalue weighted by Crippen LogP contribution is -2.28. The maximum atomic E-state index is 12.8. The number of benzene rings is 3. The molecule has 0 aromatic heterocycles. The van der Waals surface area contributed by atoms with Crippen molar-refractivity contribution in [1.82, 2.24) is 5.32 Å². The molecule has 0 fully saturated rings. The number of amides is 1. The van der Waals surface area contributed by atoms with Crippen LogP contribution in [0.4, 0.5) is 5.69 Å². The molecule has 0 radical (unpaired) electrons. The fraction of sp³-hybridized carbons (Fsp3) is 0.174. The highest BCUT2D eigenvalue weighted by molar-refractivity contribution is 7.92. The number of hydrogen-bond donors (Lipinski definition) is 1. The number of sulfonamides is 1. The summed E-state index contributed by atoms with van der Waals surface area (Å²) in [5, 5.41) is 3.22. The van der Waals surface area contributed by atoms with Crippen LogP contribution in [0.5, 0.6) is 11.5 Å². The van der Waals surface area contributed by atoms with Gasteiger partial charge in [-0.1, -0.05) is 17.7 Å². The highest BCUT2D eigenvalue weighted by atomic mass is 35.5. The SMILES string of the molecule is COc1cccc(OCCNC(=O)c2ccc(N(C)S(=O)(=O)c3ccc(Cl)cc3)cc2)c1. The van der Waals surface area contributed by atoms with Gasteiger partial charge in [0.2, 0.25) is 0 Å². The van der Waals surface area contributed by atoms with E-state index in [1.807, 2.05) is 12.1 Å². The molecule has 0 aliphatic carbocycles. The summed E-state index contributed by atoms with van der Waals surface area (Å²) < 4.78 is 37.4. The van der Waals surface area contributed by atoms with Gasteiger partial charge >= 0.3 is 0 Å². The number of rotatable bonds is 9. The standard InChI is InChI=1S/C23H23ClN2O5S/c1-26(32(28,29)22-12-8-18(24)9-13-22)19-10-6-17(7-11-19)23(27)25-14-15-31-21-5-3-4-20(16-21)30-2/h3-13,16H,14-15H2,1-2H3,(H,25,27). The van der Waals surface area contributed by atoms with Crippen molar-refractivity contribution in [2.45, 2.75) is 4.90 Å². The Balaban J connectivity index is 1.56. The van der Waals surface area contributed by atoms with Crippen LogP contribution in [0, 0.1) is 0 Å². The van der Waals surface area contributed by atoms with Crippen molar-refractivity contribution in [3.05, 3.63) is 83.4 Å². The predicted octanol–water partition coefficient (Wildman–Crippen LogP) is 3.98. The Morgan fingerprint density at radius 1 is 1.00 bits per heavy atom. The smallest absolute Gasteiger partial charge is 0.264 e. The summed E-state index contributed by atoms with van der Waals surface area (Å²) in [7, 11) is -0.710. The Morgan fingerprint density at radius 2 is 1.66 bits per heavy atom. The predicted molar refractivity (Wildman–Crippen MR) is 124 cm³/mol. The monoisotopic (exact) mass is 474 g/mol. The van der Waals surface area contributed by atoms with Gasteiger partial charge in [0, 0.05) is 23.7 Å². The fourth-order valence-corrected chi connectivity index (χ4v) is 4.17. The molecule has 1 amide bonds. The zero-order valence-electron chi connectivity index (χ0n) is 17.6. The van der Waals surface area contributed by atoms with E-state index < -0.39 is 10.0 Å². The number of carbonyl (C=O) groups excluding carboxylic acids is 1. The molecule has 3 aromatic carbocycles. The molecule has 9 heteroatoms. The molecular weight excluding hydrogens is 452 g/mol. The molecule has 0 spiro atoms. The van der Waals surface area contributed by atoms with Gasteiger partial charge in [0.15, 0.2) is 0 Å². The maximum Gasteiger partial charge on any atom is 0.264 e. The first-order chi connectivity index (χ1) is 15.3. The third-order valence-corrected chi connectivity index (χ3v) is 6.71. The second kappa shape index (κ2) is 10.4. The molecule has 0 heterocycles. The summed E-state index contributed by atoms with van der Waals surface area (Å²) in [6.07, 6.45) is 0. The first-order valence-electron chi connectivity index (χ1n) is 9.71. The molecule has 32 heavy (non-hydrogen) atoms. The Kier molecular flexibility index (Phi) is 7.61. The summed E-state index contributed by atoms with van der Waals surface area (Å²) in [5.74, 6) is 1.05. The van der Waals surface area contributed by atoms with Crippen molar-refractivity contribution >= 4 is 33.2 Å². The summed E-state index contributed by atoms with van der Waals surface area (Å²) >= 11 is 5.84. The summed E-state index contributed by atoms with van der Waals surface area (Å²) in [4.78, 5) is 12.5. The number of ether oxygens (including phenoxy) is 2. The van der Waals surface area contributed by atoms with E-state index >= 15 is 0 Å². The van der Waals surface area contributed by atoms with Gasteiger partial charge in [-0.05, 0) is 60.7 Å². The third-order valence-electron chi connectivity index (χ3n) is 4.66. The van der Waals surface area contributed by atoms with Crippen molar-refractivity contribution in [3.63, 3.8) is 0 Å². The van der Waals surface area contributed by atoms with E-state index in [0.717, 1.165) is 4.31 Å². The number of nitrogens with one attached hydrogen (secondary N) is 1. The van der Waals surface area contributed by atoms with Crippen LogP contribution in [0.15, 0.2) is 77.7 Å². The number of halogens is 1. The first-order valence-corrected chi connectivity index (χ1v) is 11.5. The van der Waals surface area contributed by atoms with E-state index in [4.69, 9.17) is 21.1 Å². The lowest BCUT2D eigenvalue weighted by molar-refractivity contribution is 0.0947. The van der Waals surface area contributed by atoms with Crippen molar-refractivity contribution in [2.75, 3.05) is 31.6 Å². The normalized spacial score (nSPS) is 11.0. The number of nitrogens with zero attached hydrogens (tertiary/aromatic N) is 1. The molecule has 0 aliphatic heterocycles. The molecular formula is C23H23ClN2O5S.